The van der Waals surface area contributed by atoms with Gasteiger partial charge >= 0.3 is 0 Å². The first-order valence-corrected chi connectivity index (χ1v) is 7.84. The summed E-state index contributed by atoms with van der Waals surface area (Å²) in [6.45, 7) is 2.34. The Kier molecular flexibility index (Phi) is 5.91. The Balaban J connectivity index is 1.70. The minimum Gasteiger partial charge on any atom is -0.482 e. The monoisotopic (exact) mass is 344 g/mol. The number of amides is 2. The molecule has 1 aliphatic carbocycles. The first-order valence-electron chi connectivity index (χ1n) is 7.09. The van der Waals surface area contributed by atoms with Crippen molar-refractivity contribution >= 4 is 35.0 Å². The Morgan fingerprint density at radius 2 is 2.09 bits per heavy atom. The molecule has 0 aliphatic heterocycles. The molecule has 2 rings (SSSR count). The number of nitrogens with zero attached hydrogens (tertiary/aromatic N) is 1. The SMILES string of the molecule is CC(=O)N(CCNC(=O)COc1ccc(Cl)cc1Cl)C1CC1. The quantitative estimate of drug-likeness (QED) is 0.826. The zero-order chi connectivity index (χ0) is 16.1. The maximum atomic E-state index is 11.7. The molecular formula is C15H18Cl2N2O3. The fourth-order valence-electron chi connectivity index (χ4n) is 2.09. The van der Waals surface area contributed by atoms with Crippen molar-refractivity contribution < 1.29 is 14.3 Å². The molecule has 0 atom stereocenters. The van der Waals surface area contributed by atoms with E-state index in [4.69, 9.17) is 27.9 Å². The van der Waals surface area contributed by atoms with Crippen LogP contribution < -0.4 is 10.1 Å². The number of carbonyl (C=O) groups is 2. The summed E-state index contributed by atoms with van der Waals surface area (Å²) in [5, 5.41) is 3.59. The smallest absolute Gasteiger partial charge is 0.258 e. The number of carbonyl (C=O) groups excluding carboxylic acids is 2. The molecule has 0 spiro atoms. The van der Waals surface area contributed by atoms with Crippen LogP contribution in [0.4, 0.5) is 0 Å². The zero-order valence-corrected chi connectivity index (χ0v) is 13.8. The molecule has 1 aromatic rings. The van der Waals surface area contributed by atoms with Gasteiger partial charge in [0.15, 0.2) is 6.61 Å². The minimum atomic E-state index is -0.259. The van der Waals surface area contributed by atoms with Gasteiger partial charge in [-0.05, 0) is 31.0 Å². The van der Waals surface area contributed by atoms with Gasteiger partial charge in [-0.15, -0.1) is 0 Å². The van der Waals surface area contributed by atoms with Gasteiger partial charge in [-0.3, -0.25) is 9.59 Å². The topological polar surface area (TPSA) is 58.6 Å². The molecule has 2 amide bonds. The van der Waals surface area contributed by atoms with Gasteiger partial charge in [-0.25, -0.2) is 0 Å². The minimum absolute atomic E-state index is 0.0425. The van der Waals surface area contributed by atoms with Crippen LogP contribution in [0.5, 0.6) is 5.75 Å². The van der Waals surface area contributed by atoms with Crippen molar-refractivity contribution in [2.24, 2.45) is 0 Å². The summed E-state index contributed by atoms with van der Waals surface area (Å²) >= 11 is 11.7. The Bertz CT molecular complexity index is 562. The standard InChI is InChI=1S/C15H18Cl2N2O3/c1-10(20)19(12-3-4-12)7-6-18-15(21)9-22-14-5-2-11(16)8-13(14)17/h2,5,8,12H,3-4,6-7,9H2,1H3,(H,18,21). The lowest BCUT2D eigenvalue weighted by Crippen LogP contribution is -2.40. The predicted octanol–water partition coefficient (Wildman–Crippen LogP) is 2.50. The third-order valence-electron chi connectivity index (χ3n) is 3.32. The molecule has 1 saturated carbocycles. The van der Waals surface area contributed by atoms with Crippen LogP contribution in [0.15, 0.2) is 18.2 Å². The molecule has 1 fully saturated rings. The van der Waals surface area contributed by atoms with Crippen LogP contribution in [0, 0.1) is 0 Å². The maximum Gasteiger partial charge on any atom is 0.258 e. The van der Waals surface area contributed by atoms with Crippen LogP contribution in [-0.2, 0) is 9.59 Å². The fourth-order valence-corrected chi connectivity index (χ4v) is 2.55. The molecular weight excluding hydrogens is 327 g/mol. The molecule has 22 heavy (non-hydrogen) atoms. The van der Waals surface area contributed by atoms with E-state index in [1.165, 1.54) is 0 Å². The molecule has 0 radical (unpaired) electrons. The molecule has 5 nitrogen and oxygen atoms in total. The molecule has 0 unspecified atom stereocenters. The lowest BCUT2D eigenvalue weighted by molar-refractivity contribution is -0.130. The Morgan fingerprint density at radius 3 is 2.68 bits per heavy atom. The second kappa shape index (κ2) is 7.70. The van der Waals surface area contributed by atoms with E-state index in [9.17, 15) is 9.59 Å². The summed E-state index contributed by atoms with van der Waals surface area (Å²) in [5.41, 5.74) is 0. The van der Waals surface area contributed by atoms with E-state index in [1.807, 2.05) is 0 Å². The van der Waals surface area contributed by atoms with Crippen molar-refractivity contribution in [3.63, 3.8) is 0 Å². The van der Waals surface area contributed by atoms with E-state index in [-0.39, 0.29) is 18.4 Å². The lowest BCUT2D eigenvalue weighted by atomic mass is 10.3. The normalized spacial score (nSPS) is 13.6. The van der Waals surface area contributed by atoms with Gasteiger partial charge in [0.25, 0.3) is 5.91 Å². The van der Waals surface area contributed by atoms with E-state index in [0.717, 1.165) is 12.8 Å². The van der Waals surface area contributed by atoms with Crippen LogP contribution in [0.2, 0.25) is 10.0 Å². The Labute approximate surface area is 139 Å². The summed E-state index contributed by atoms with van der Waals surface area (Å²) in [5.74, 6) is 0.191. The van der Waals surface area contributed by atoms with Gasteiger partial charge in [0, 0.05) is 31.1 Å². The van der Waals surface area contributed by atoms with Crippen LogP contribution in [0.3, 0.4) is 0 Å². The summed E-state index contributed by atoms with van der Waals surface area (Å²) in [6.07, 6.45) is 2.09. The zero-order valence-electron chi connectivity index (χ0n) is 12.3. The first-order chi connectivity index (χ1) is 10.5. The average Bonchev–Trinajstić information content (AvgIpc) is 3.26. The number of rotatable bonds is 7. The largest absolute Gasteiger partial charge is 0.482 e. The number of ether oxygens (including phenoxy) is 1. The van der Waals surface area contributed by atoms with E-state index in [2.05, 4.69) is 5.32 Å². The molecule has 0 aromatic heterocycles. The summed E-state index contributed by atoms with van der Waals surface area (Å²) in [7, 11) is 0. The van der Waals surface area contributed by atoms with Crippen molar-refractivity contribution in [1.29, 1.82) is 0 Å². The molecule has 1 aromatic carbocycles. The van der Waals surface area contributed by atoms with Crippen LogP contribution in [0.25, 0.3) is 0 Å². The van der Waals surface area contributed by atoms with Crippen molar-refractivity contribution in [2.45, 2.75) is 25.8 Å². The summed E-state index contributed by atoms with van der Waals surface area (Å²) < 4.78 is 5.34. The maximum absolute atomic E-state index is 11.7. The molecule has 0 saturated heterocycles. The third-order valence-corrected chi connectivity index (χ3v) is 3.85. The second-order valence-corrected chi connectivity index (χ2v) is 6.00. The van der Waals surface area contributed by atoms with Gasteiger partial charge in [0.2, 0.25) is 5.91 Å². The second-order valence-electron chi connectivity index (χ2n) is 5.16. The average molecular weight is 345 g/mol. The van der Waals surface area contributed by atoms with Gasteiger partial charge < -0.3 is 15.0 Å². The van der Waals surface area contributed by atoms with Crippen LogP contribution in [0.1, 0.15) is 19.8 Å². The molecule has 120 valence electrons. The number of benzene rings is 1. The molecule has 0 heterocycles. The molecule has 7 heteroatoms. The van der Waals surface area contributed by atoms with Crippen molar-refractivity contribution in [3.8, 4) is 5.75 Å². The number of halogens is 2. The van der Waals surface area contributed by atoms with Gasteiger partial charge in [-0.1, -0.05) is 23.2 Å². The van der Waals surface area contributed by atoms with E-state index in [1.54, 1.807) is 30.0 Å². The molecule has 1 N–H and O–H groups in total. The number of nitrogens with one attached hydrogen (secondary N) is 1. The summed E-state index contributed by atoms with van der Waals surface area (Å²) in [4.78, 5) is 25.0. The van der Waals surface area contributed by atoms with Gasteiger partial charge in [0.1, 0.15) is 5.75 Å². The highest BCUT2D eigenvalue weighted by Crippen LogP contribution is 2.27. The fraction of sp³-hybridized carbons (Fsp3) is 0.467. The van der Waals surface area contributed by atoms with Gasteiger partial charge in [-0.2, -0.15) is 0 Å². The molecule has 0 bridgehead atoms. The summed E-state index contributed by atoms with van der Waals surface area (Å²) in [6, 6.07) is 5.15. The van der Waals surface area contributed by atoms with E-state index >= 15 is 0 Å². The highest BCUT2D eigenvalue weighted by molar-refractivity contribution is 6.35. The van der Waals surface area contributed by atoms with E-state index < -0.39 is 0 Å². The third kappa shape index (κ3) is 5.07. The van der Waals surface area contributed by atoms with Crippen molar-refractivity contribution in [2.75, 3.05) is 19.7 Å². The van der Waals surface area contributed by atoms with E-state index in [0.29, 0.717) is 34.9 Å². The van der Waals surface area contributed by atoms with Gasteiger partial charge in [0.05, 0.1) is 5.02 Å². The van der Waals surface area contributed by atoms with Crippen molar-refractivity contribution in [1.82, 2.24) is 10.2 Å². The number of hydrogen-bond acceptors (Lipinski definition) is 3. The van der Waals surface area contributed by atoms with Crippen LogP contribution in [-0.4, -0.2) is 42.5 Å². The first kappa shape index (κ1) is 16.9. The highest BCUT2D eigenvalue weighted by atomic mass is 35.5. The molecule has 1 aliphatic rings. The Morgan fingerprint density at radius 1 is 1.36 bits per heavy atom. The Hall–Kier alpha value is -1.46. The highest BCUT2D eigenvalue weighted by Gasteiger charge is 2.30. The predicted molar refractivity (Wildman–Crippen MR) is 85.4 cm³/mol. The number of hydrogen-bond donors (Lipinski definition) is 1. The lowest BCUT2D eigenvalue weighted by Gasteiger charge is -2.20. The van der Waals surface area contributed by atoms with Crippen LogP contribution >= 0.6 is 23.2 Å². The van der Waals surface area contributed by atoms with Crippen molar-refractivity contribution in [3.05, 3.63) is 28.2 Å².